The molecule has 0 unspecified atom stereocenters. The molecule has 1 aliphatic rings. The third kappa shape index (κ3) is 2.04. The van der Waals surface area contributed by atoms with Gasteiger partial charge in [0.2, 0.25) is 0 Å². The molecule has 0 N–H and O–H groups in total. The van der Waals surface area contributed by atoms with Crippen LogP contribution in [0, 0.1) is 0 Å². The van der Waals surface area contributed by atoms with Crippen LogP contribution in [0.15, 0.2) is 30.3 Å². The fourth-order valence-corrected chi connectivity index (χ4v) is 3.18. The van der Waals surface area contributed by atoms with Crippen LogP contribution in [0.5, 0.6) is 0 Å². The van der Waals surface area contributed by atoms with Crippen LogP contribution < -0.4 is 4.90 Å². The van der Waals surface area contributed by atoms with E-state index in [0.717, 1.165) is 0 Å². The maximum absolute atomic E-state index is 12.3. The van der Waals surface area contributed by atoms with E-state index in [2.05, 4.69) is 0 Å². The minimum absolute atomic E-state index is 0.00511. The summed E-state index contributed by atoms with van der Waals surface area (Å²) in [4.78, 5) is 25.6. The van der Waals surface area contributed by atoms with Crippen LogP contribution in [0.1, 0.15) is 10.4 Å². The highest BCUT2D eigenvalue weighted by Crippen LogP contribution is 2.50. The minimum atomic E-state index is -0.765. The molecule has 2 aromatic rings. The van der Waals surface area contributed by atoms with Gasteiger partial charge in [0.15, 0.2) is 0 Å². The van der Waals surface area contributed by atoms with Gasteiger partial charge < -0.3 is 0 Å². The molecular weight excluding hydrogens is 356 g/mol. The maximum atomic E-state index is 12.3. The van der Waals surface area contributed by atoms with E-state index >= 15 is 0 Å². The van der Waals surface area contributed by atoms with Gasteiger partial charge in [0.1, 0.15) is 0 Å². The summed E-state index contributed by atoms with van der Waals surface area (Å²) in [5.74, 6) is -1.52. The van der Waals surface area contributed by atoms with Crippen molar-refractivity contribution >= 4 is 69.5 Å². The summed E-state index contributed by atoms with van der Waals surface area (Å²) in [7, 11) is 0. The predicted molar refractivity (Wildman–Crippen MR) is 84.4 cm³/mol. The summed E-state index contributed by atoms with van der Waals surface area (Å²) in [6, 6.07) is 8.60. The van der Waals surface area contributed by atoms with Gasteiger partial charge >= 0.3 is 5.91 Å². The van der Waals surface area contributed by atoms with Crippen LogP contribution in [0.4, 0.5) is 11.4 Å². The highest BCUT2D eigenvalue weighted by molar-refractivity contribution is 6.62. The Labute approximate surface area is 140 Å². The second-order valence-corrected chi connectivity index (χ2v) is 5.80. The zero-order valence-electron chi connectivity index (χ0n) is 10.2. The van der Waals surface area contributed by atoms with Gasteiger partial charge in [-0.1, -0.05) is 64.6 Å². The number of benzene rings is 2. The first-order valence-electron chi connectivity index (χ1n) is 5.75. The molecule has 0 bridgehead atoms. The lowest BCUT2D eigenvalue weighted by molar-refractivity contribution is -0.113. The molecule has 3 rings (SSSR count). The zero-order valence-corrected chi connectivity index (χ0v) is 13.2. The Morgan fingerprint density at radius 2 is 1.33 bits per heavy atom. The zero-order chi connectivity index (χ0) is 15.3. The van der Waals surface area contributed by atoms with Crippen molar-refractivity contribution in [1.82, 2.24) is 0 Å². The number of amides is 1. The maximum Gasteiger partial charge on any atom is 0.304 e. The van der Waals surface area contributed by atoms with Crippen LogP contribution in [-0.4, -0.2) is 11.7 Å². The van der Waals surface area contributed by atoms with Crippen molar-refractivity contribution < 1.29 is 9.59 Å². The van der Waals surface area contributed by atoms with E-state index in [-0.39, 0.29) is 31.3 Å². The number of Topliss-reactive ketones (excluding diaryl/α,β-unsaturated/α-hetero) is 1. The first-order chi connectivity index (χ1) is 9.95. The molecule has 0 fully saturated rings. The second kappa shape index (κ2) is 5.18. The summed E-state index contributed by atoms with van der Waals surface area (Å²) < 4.78 is 0. The normalized spacial score (nSPS) is 13.8. The molecule has 0 saturated heterocycles. The van der Waals surface area contributed by atoms with E-state index in [0.29, 0.717) is 5.69 Å². The fourth-order valence-electron chi connectivity index (χ4n) is 2.17. The first-order valence-corrected chi connectivity index (χ1v) is 7.26. The summed E-state index contributed by atoms with van der Waals surface area (Å²) in [6.45, 7) is 0. The lowest BCUT2D eigenvalue weighted by Gasteiger charge is -2.19. The van der Waals surface area contributed by atoms with Crippen LogP contribution >= 0.6 is 46.4 Å². The van der Waals surface area contributed by atoms with Crippen LogP contribution in [0.2, 0.25) is 20.1 Å². The molecule has 0 saturated carbocycles. The largest absolute Gasteiger partial charge is 0.304 e. The Bertz CT molecular complexity index is 790. The Balaban J connectivity index is 2.36. The van der Waals surface area contributed by atoms with Gasteiger partial charge in [-0.25, -0.2) is 0 Å². The molecule has 1 amide bonds. The van der Waals surface area contributed by atoms with Crippen molar-refractivity contribution in [1.29, 1.82) is 0 Å². The third-order valence-corrected chi connectivity index (χ3v) is 4.90. The highest BCUT2D eigenvalue weighted by Gasteiger charge is 2.42. The number of anilines is 2. The summed E-state index contributed by atoms with van der Waals surface area (Å²) in [5, 5.41) is -0.0920. The van der Waals surface area contributed by atoms with Crippen molar-refractivity contribution in [2.24, 2.45) is 0 Å². The topological polar surface area (TPSA) is 37.4 Å². The smallest absolute Gasteiger partial charge is 0.283 e. The molecule has 7 heteroatoms. The Morgan fingerprint density at radius 3 is 1.95 bits per heavy atom. The number of rotatable bonds is 1. The van der Waals surface area contributed by atoms with Crippen LogP contribution in [0.25, 0.3) is 0 Å². The summed E-state index contributed by atoms with van der Waals surface area (Å²) in [6.07, 6.45) is 0. The minimum Gasteiger partial charge on any atom is -0.283 e. The van der Waals surface area contributed by atoms with Gasteiger partial charge in [-0.3, -0.25) is 14.5 Å². The van der Waals surface area contributed by atoms with E-state index < -0.39 is 11.7 Å². The molecule has 0 aliphatic carbocycles. The van der Waals surface area contributed by atoms with E-state index in [1.165, 1.54) is 4.90 Å². The van der Waals surface area contributed by atoms with Gasteiger partial charge in [0, 0.05) is 5.69 Å². The fraction of sp³-hybridized carbons (Fsp3) is 0. The summed E-state index contributed by atoms with van der Waals surface area (Å²) >= 11 is 24.2. The average Bonchev–Trinajstić information content (AvgIpc) is 2.76. The molecule has 21 heavy (non-hydrogen) atoms. The van der Waals surface area contributed by atoms with Gasteiger partial charge in [-0.05, 0) is 12.1 Å². The van der Waals surface area contributed by atoms with Crippen molar-refractivity contribution in [3.8, 4) is 0 Å². The van der Waals surface area contributed by atoms with E-state index in [9.17, 15) is 9.59 Å². The standard InChI is InChI=1S/C14H5Cl4NO2/c15-8-7-12(11(18)10(17)9(8)16)19(14(21)13(7)20)6-4-2-1-3-5-6/h1-5H. The number of ketones is 1. The van der Waals surface area contributed by atoms with Gasteiger partial charge in [-0.2, -0.15) is 0 Å². The quantitative estimate of drug-likeness (QED) is 0.400. The second-order valence-electron chi connectivity index (χ2n) is 4.28. The number of para-hydroxylation sites is 1. The number of carbonyl (C=O) groups excluding carboxylic acids is 2. The number of nitrogens with zero attached hydrogens (tertiary/aromatic N) is 1. The number of carbonyl (C=O) groups is 2. The third-order valence-electron chi connectivity index (χ3n) is 3.10. The van der Waals surface area contributed by atoms with Crippen molar-refractivity contribution in [3.05, 3.63) is 56.0 Å². The molecule has 0 atom stereocenters. The molecule has 2 aromatic carbocycles. The molecular formula is C14H5Cl4NO2. The summed E-state index contributed by atoms with van der Waals surface area (Å²) in [5.41, 5.74) is 0.633. The number of halogens is 4. The molecule has 0 radical (unpaired) electrons. The van der Waals surface area contributed by atoms with E-state index in [1.807, 2.05) is 0 Å². The van der Waals surface area contributed by atoms with Crippen molar-refractivity contribution in [3.63, 3.8) is 0 Å². The highest BCUT2D eigenvalue weighted by atomic mass is 35.5. The van der Waals surface area contributed by atoms with E-state index in [1.54, 1.807) is 30.3 Å². The lowest BCUT2D eigenvalue weighted by atomic mass is 10.1. The Hall–Kier alpha value is -1.26. The Morgan fingerprint density at radius 1 is 0.762 bits per heavy atom. The Kier molecular flexibility index (Phi) is 3.62. The molecule has 0 spiro atoms. The monoisotopic (exact) mass is 359 g/mol. The SMILES string of the molecule is O=C1C(=O)N(c2ccccc2)c2c(Cl)c(Cl)c(Cl)c(Cl)c21. The lowest BCUT2D eigenvalue weighted by Crippen LogP contribution is -2.24. The average molecular weight is 361 g/mol. The number of hydrogen-bond acceptors (Lipinski definition) is 2. The number of hydrogen-bond donors (Lipinski definition) is 0. The predicted octanol–water partition coefficient (Wildman–Crippen LogP) is 5.16. The molecule has 1 aliphatic heterocycles. The van der Waals surface area contributed by atoms with Gasteiger partial charge in [0.05, 0.1) is 31.3 Å². The van der Waals surface area contributed by atoms with Crippen LogP contribution in [-0.2, 0) is 4.79 Å². The first kappa shape index (κ1) is 14.7. The van der Waals surface area contributed by atoms with Crippen LogP contribution in [0.3, 0.4) is 0 Å². The molecule has 3 nitrogen and oxygen atoms in total. The molecule has 0 aromatic heterocycles. The van der Waals surface area contributed by atoms with Gasteiger partial charge in [0.25, 0.3) is 5.78 Å². The van der Waals surface area contributed by atoms with Gasteiger partial charge in [-0.15, -0.1) is 0 Å². The van der Waals surface area contributed by atoms with Crippen molar-refractivity contribution in [2.45, 2.75) is 0 Å². The number of fused-ring (bicyclic) bond motifs is 1. The van der Waals surface area contributed by atoms with E-state index in [4.69, 9.17) is 46.4 Å². The molecule has 106 valence electrons. The van der Waals surface area contributed by atoms with Crippen molar-refractivity contribution in [2.75, 3.05) is 4.90 Å². The molecule has 1 heterocycles.